The van der Waals surface area contributed by atoms with Crippen molar-refractivity contribution in [1.29, 1.82) is 0 Å². The Hall–Kier alpha value is -0.990. The molecule has 3 nitrogen and oxygen atoms in total. The maximum atomic E-state index is 10.1. The van der Waals surface area contributed by atoms with Crippen LogP contribution in [0.4, 0.5) is 0 Å². The number of ether oxygens (including phenoxy) is 1. The van der Waals surface area contributed by atoms with Gasteiger partial charge in [-0.15, -0.1) is 0 Å². The molecule has 0 rings (SSSR count). The van der Waals surface area contributed by atoms with E-state index in [9.17, 15) is 4.79 Å². The number of carboxylic acid groups (broad SMARTS) is 1. The average Bonchev–Trinajstić information content (AvgIpc) is 1.82. The number of rotatable bonds is 3. The first kappa shape index (κ1) is 8.01. The summed E-state index contributed by atoms with van der Waals surface area (Å²) in [7, 11) is 0. The molecule has 0 aliphatic heterocycles. The third kappa shape index (κ3) is 3.58. The lowest BCUT2D eigenvalue weighted by Gasteiger charge is -1.93. The van der Waals surface area contributed by atoms with E-state index in [-0.39, 0.29) is 5.57 Å². The highest BCUT2D eigenvalue weighted by molar-refractivity contribution is 5.85. The second kappa shape index (κ2) is 3.95. The Labute approximate surface area is 53.9 Å². The van der Waals surface area contributed by atoms with Crippen LogP contribution < -0.4 is 0 Å². The van der Waals surface area contributed by atoms with Crippen LogP contribution in [0, 0.1) is 0 Å². The molecule has 0 heterocycles. The molecule has 3 heteroatoms. The Morgan fingerprint density at radius 2 is 2.33 bits per heavy atom. The summed E-state index contributed by atoms with van der Waals surface area (Å²) < 4.78 is 4.71. The Kier molecular flexibility index (Phi) is 3.51. The molecular weight excluding hydrogens is 120 g/mol. The minimum atomic E-state index is -0.941. The van der Waals surface area contributed by atoms with Gasteiger partial charge in [-0.1, -0.05) is 0 Å². The van der Waals surface area contributed by atoms with Crippen molar-refractivity contribution < 1.29 is 14.6 Å². The van der Waals surface area contributed by atoms with Crippen LogP contribution >= 0.6 is 0 Å². The molecule has 9 heavy (non-hydrogen) atoms. The van der Waals surface area contributed by atoms with Gasteiger partial charge in [0.2, 0.25) is 0 Å². The van der Waals surface area contributed by atoms with E-state index in [1.807, 2.05) is 0 Å². The fraction of sp³-hybridized carbons (Fsp3) is 0.500. The number of carbonyl (C=O) groups is 1. The van der Waals surface area contributed by atoms with Crippen LogP contribution in [0.5, 0.6) is 0 Å². The van der Waals surface area contributed by atoms with Gasteiger partial charge >= 0.3 is 5.97 Å². The molecule has 0 aliphatic rings. The largest absolute Gasteiger partial charge is 0.501 e. The minimum Gasteiger partial charge on any atom is -0.501 e. The quantitative estimate of drug-likeness (QED) is 0.458. The monoisotopic (exact) mass is 130 g/mol. The Morgan fingerprint density at radius 3 is 2.67 bits per heavy atom. The van der Waals surface area contributed by atoms with Gasteiger partial charge in [0.05, 0.1) is 18.4 Å². The second-order valence-corrected chi connectivity index (χ2v) is 1.56. The van der Waals surface area contributed by atoms with Crippen LogP contribution in [0.25, 0.3) is 0 Å². The van der Waals surface area contributed by atoms with Crippen molar-refractivity contribution in [3.8, 4) is 0 Å². The van der Waals surface area contributed by atoms with E-state index in [2.05, 4.69) is 0 Å². The summed E-state index contributed by atoms with van der Waals surface area (Å²) in [6.45, 7) is 3.79. The summed E-state index contributed by atoms with van der Waals surface area (Å²) in [4.78, 5) is 10.1. The van der Waals surface area contributed by atoms with Gasteiger partial charge in [0.1, 0.15) is 0 Å². The summed E-state index contributed by atoms with van der Waals surface area (Å²) in [6.07, 6.45) is 1.24. The molecule has 0 unspecified atom stereocenters. The lowest BCUT2D eigenvalue weighted by Crippen LogP contribution is -1.96. The molecule has 0 amide bonds. The molecule has 0 aromatic carbocycles. The van der Waals surface area contributed by atoms with E-state index in [1.54, 1.807) is 6.92 Å². The van der Waals surface area contributed by atoms with E-state index in [1.165, 1.54) is 13.2 Å². The molecule has 1 N–H and O–H groups in total. The van der Waals surface area contributed by atoms with Gasteiger partial charge in [-0.25, -0.2) is 4.79 Å². The average molecular weight is 130 g/mol. The van der Waals surface area contributed by atoms with Gasteiger partial charge in [0, 0.05) is 0 Å². The van der Waals surface area contributed by atoms with Crippen LogP contribution in [-0.2, 0) is 9.53 Å². The number of aliphatic carboxylic acids is 1. The van der Waals surface area contributed by atoms with E-state index in [4.69, 9.17) is 9.84 Å². The van der Waals surface area contributed by atoms with Crippen molar-refractivity contribution in [2.45, 2.75) is 13.8 Å². The highest BCUT2D eigenvalue weighted by Crippen LogP contribution is 1.91. The summed E-state index contributed by atoms with van der Waals surface area (Å²) >= 11 is 0. The van der Waals surface area contributed by atoms with Crippen molar-refractivity contribution in [2.24, 2.45) is 0 Å². The van der Waals surface area contributed by atoms with Gasteiger partial charge in [0.25, 0.3) is 0 Å². The smallest absolute Gasteiger partial charge is 0.334 e. The predicted octanol–water partition coefficient (Wildman–Crippen LogP) is 1.01. The van der Waals surface area contributed by atoms with Crippen molar-refractivity contribution in [3.05, 3.63) is 11.8 Å². The standard InChI is InChI=1S/C6H10O3/c1-3-9-4-5(2)6(7)8/h4H,3H2,1-2H3,(H,7,8)/b5-4-. The Bertz CT molecular complexity index is 126. The van der Waals surface area contributed by atoms with Crippen molar-refractivity contribution in [1.82, 2.24) is 0 Å². The minimum absolute atomic E-state index is 0.219. The maximum absolute atomic E-state index is 10.1. The maximum Gasteiger partial charge on any atom is 0.334 e. The molecule has 0 bridgehead atoms. The third-order valence-electron chi connectivity index (χ3n) is 0.764. The zero-order valence-electron chi connectivity index (χ0n) is 5.55. The fourth-order valence-corrected chi connectivity index (χ4v) is 0.259. The van der Waals surface area contributed by atoms with Gasteiger partial charge in [-0.3, -0.25) is 0 Å². The summed E-state index contributed by atoms with van der Waals surface area (Å²) in [5.74, 6) is -0.941. The van der Waals surface area contributed by atoms with Crippen molar-refractivity contribution in [3.63, 3.8) is 0 Å². The highest BCUT2D eigenvalue weighted by atomic mass is 16.5. The Morgan fingerprint density at radius 1 is 1.78 bits per heavy atom. The summed E-state index contributed by atoms with van der Waals surface area (Å²) in [5, 5.41) is 8.26. The van der Waals surface area contributed by atoms with Gasteiger partial charge in [-0.05, 0) is 13.8 Å². The van der Waals surface area contributed by atoms with Crippen LogP contribution in [0.3, 0.4) is 0 Å². The SMILES string of the molecule is CCO/C=C(/C)C(=O)O. The molecule has 0 fully saturated rings. The molecule has 0 saturated carbocycles. The van der Waals surface area contributed by atoms with E-state index in [0.717, 1.165) is 0 Å². The first-order valence-electron chi connectivity index (χ1n) is 2.70. The van der Waals surface area contributed by atoms with Crippen LogP contribution in [0.1, 0.15) is 13.8 Å². The molecule has 0 aliphatic carbocycles. The van der Waals surface area contributed by atoms with Crippen LogP contribution in [-0.4, -0.2) is 17.7 Å². The topological polar surface area (TPSA) is 46.5 Å². The van der Waals surface area contributed by atoms with Crippen molar-refractivity contribution >= 4 is 5.97 Å². The first-order valence-corrected chi connectivity index (χ1v) is 2.70. The van der Waals surface area contributed by atoms with Crippen LogP contribution in [0.2, 0.25) is 0 Å². The molecule has 0 radical (unpaired) electrons. The lowest BCUT2D eigenvalue weighted by atomic mass is 10.3. The molecular formula is C6H10O3. The molecule has 0 aromatic heterocycles. The summed E-state index contributed by atoms with van der Waals surface area (Å²) in [6, 6.07) is 0. The van der Waals surface area contributed by atoms with Gasteiger partial charge in [-0.2, -0.15) is 0 Å². The fourth-order valence-electron chi connectivity index (χ4n) is 0.259. The zero-order chi connectivity index (χ0) is 7.28. The summed E-state index contributed by atoms with van der Waals surface area (Å²) in [5.41, 5.74) is 0.219. The molecule has 0 spiro atoms. The number of carboxylic acids is 1. The molecule has 0 atom stereocenters. The van der Waals surface area contributed by atoms with E-state index < -0.39 is 5.97 Å². The molecule has 0 saturated heterocycles. The van der Waals surface area contributed by atoms with E-state index >= 15 is 0 Å². The third-order valence-corrected chi connectivity index (χ3v) is 0.764. The van der Waals surface area contributed by atoms with Gasteiger partial charge in [0.15, 0.2) is 0 Å². The molecule has 0 aromatic rings. The highest BCUT2D eigenvalue weighted by Gasteiger charge is 1.97. The molecule has 52 valence electrons. The van der Waals surface area contributed by atoms with Gasteiger partial charge < -0.3 is 9.84 Å². The van der Waals surface area contributed by atoms with Crippen LogP contribution in [0.15, 0.2) is 11.8 Å². The Balaban J connectivity index is 3.69. The van der Waals surface area contributed by atoms with Crippen molar-refractivity contribution in [2.75, 3.05) is 6.61 Å². The van der Waals surface area contributed by atoms with E-state index in [0.29, 0.717) is 6.61 Å². The zero-order valence-corrected chi connectivity index (χ0v) is 5.55. The second-order valence-electron chi connectivity index (χ2n) is 1.56. The number of hydrogen-bond acceptors (Lipinski definition) is 2. The number of hydrogen-bond donors (Lipinski definition) is 1. The normalized spacial score (nSPS) is 11.1. The predicted molar refractivity (Wildman–Crippen MR) is 33.0 cm³/mol. The first-order chi connectivity index (χ1) is 4.18. The lowest BCUT2D eigenvalue weighted by molar-refractivity contribution is -0.132.